The Morgan fingerprint density at radius 1 is 1.19 bits per heavy atom. The van der Waals surface area contributed by atoms with E-state index < -0.39 is 23.3 Å². The van der Waals surface area contributed by atoms with E-state index in [2.05, 4.69) is 0 Å². The van der Waals surface area contributed by atoms with Crippen molar-refractivity contribution in [2.75, 3.05) is 0 Å². The second-order valence-corrected chi connectivity index (χ2v) is 4.43. The van der Waals surface area contributed by atoms with Crippen LogP contribution in [0.3, 0.4) is 0 Å². The fourth-order valence-electron chi connectivity index (χ4n) is 1.81. The fraction of sp³-hybridized carbons (Fsp3) is 0.182. The van der Waals surface area contributed by atoms with Crippen molar-refractivity contribution in [1.82, 2.24) is 0 Å². The van der Waals surface area contributed by atoms with E-state index in [1.165, 1.54) is 19.1 Å². The molecule has 0 aliphatic heterocycles. The van der Waals surface area contributed by atoms with E-state index in [4.69, 9.17) is 23.2 Å². The maximum atomic E-state index is 11.8. The SMILES string of the molecule is CC(=O)C1C(=O)c2cc(Cl)cc(Cl)c2C1=O. The lowest BCUT2D eigenvalue weighted by molar-refractivity contribution is -0.118. The topological polar surface area (TPSA) is 51.2 Å². The standard InChI is InChI=1S/C11H6Cl2O3/c1-4(14)8-10(15)6-2-5(12)3-7(13)9(6)11(8)16/h2-3,8H,1H3. The number of Topliss-reactive ketones (excluding diaryl/α,β-unsaturated/α-hetero) is 3. The molecule has 1 aromatic carbocycles. The summed E-state index contributed by atoms with van der Waals surface area (Å²) in [4.78, 5) is 34.8. The van der Waals surface area contributed by atoms with Gasteiger partial charge in [-0.3, -0.25) is 14.4 Å². The minimum absolute atomic E-state index is 0.108. The summed E-state index contributed by atoms with van der Waals surface area (Å²) < 4.78 is 0. The highest BCUT2D eigenvalue weighted by atomic mass is 35.5. The van der Waals surface area contributed by atoms with E-state index in [0.29, 0.717) is 0 Å². The zero-order chi connectivity index (χ0) is 12.0. The molecule has 1 unspecified atom stereocenters. The summed E-state index contributed by atoms with van der Waals surface area (Å²) in [7, 11) is 0. The van der Waals surface area contributed by atoms with Crippen LogP contribution in [0.15, 0.2) is 12.1 Å². The first-order valence-corrected chi connectivity index (χ1v) is 5.27. The molecule has 2 rings (SSSR count). The Morgan fingerprint density at radius 3 is 2.38 bits per heavy atom. The van der Waals surface area contributed by atoms with Crippen molar-refractivity contribution < 1.29 is 14.4 Å². The molecule has 1 aliphatic carbocycles. The fourth-order valence-corrected chi connectivity index (χ4v) is 2.39. The Bertz CT molecular complexity index is 534. The van der Waals surface area contributed by atoms with Crippen molar-refractivity contribution >= 4 is 40.6 Å². The van der Waals surface area contributed by atoms with Crippen molar-refractivity contribution in [2.24, 2.45) is 5.92 Å². The number of carbonyl (C=O) groups is 3. The summed E-state index contributed by atoms with van der Waals surface area (Å²) in [5, 5.41) is 0.388. The quantitative estimate of drug-likeness (QED) is 0.726. The molecule has 3 nitrogen and oxygen atoms in total. The second-order valence-electron chi connectivity index (χ2n) is 3.58. The van der Waals surface area contributed by atoms with Crippen LogP contribution in [-0.2, 0) is 4.79 Å². The first-order chi connectivity index (χ1) is 7.43. The summed E-state index contributed by atoms with van der Waals surface area (Å²) in [5.41, 5.74) is 0.249. The maximum Gasteiger partial charge on any atom is 0.183 e. The number of carbonyl (C=O) groups excluding carboxylic acids is 3. The van der Waals surface area contributed by atoms with Gasteiger partial charge >= 0.3 is 0 Å². The van der Waals surface area contributed by atoms with Crippen LogP contribution in [0.2, 0.25) is 10.0 Å². The van der Waals surface area contributed by atoms with Gasteiger partial charge in [-0.15, -0.1) is 0 Å². The van der Waals surface area contributed by atoms with Gasteiger partial charge in [-0.1, -0.05) is 23.2 Å². The molecule has 1 aliphatic rings. The Kier molecular flexibility index (Phi) is 2.60. The predicted octanol–water partition coefficient (Wildman–Crippen LogP) is 2.58. The number of fused-ring (bicyclic) bond motifs is 1. The van der Waals surface area contributed by atoms with E-state index in [0.717, 1.165) is 0 Å². The first-order valence-electron chi connectivity index (χ1n) is 4.51. The molecule has 1 aromatic rings. The average Bonchev–Trinajstić information content (AvgIpc) is 2.38. The third-order valence-corrected chi connectivity index (χ3v) is 3.01. The van der Waals surface area contributed by atoms with Gasteiger partial charge in [0.05, 0.1) is 5.02 Å². The molecule has 0 spiro atoms. The summed E-state index contributed by atoms with van der Waals surface area (Å²) in [6.07, 6.45) is 0. The van der Waals surface area contributed by atoms with Crippen molar-refractivity contribution in [3.63, 3.8) is 0 Å². The van der Waals surface area contributed by atoms with Gasteiger partial charge in [0.1, 0.15) is 11.7 Å². The third-order valence-electron chi connectivity index (χ3n) is 2.50. The zero-order valence-corrected chi connectivity index (χ0v) is 9.72. The monoisotopic (exact) mass is 256 g/mol. The second kappa shape index (κ2) is 3.68. The molecule has 0 heterocycles. The lowest BCUT2D eigenvalue weighted by Gasteiger charge is -1.99. The Morgan fingerprint density at radius 2 is 1.81 bits per heavy atom. The lowest BCUT2D eigenvalue weighted by Crippen LogP contribution is -2.22. The minimum atomic E-state index is -1.24. The smallest absolute Gasteiger partial charge is 0.183 e. The first kappa shape index (κ1) is 11.3. The number of ketones is 3. The van der Waals surface area contributed by atoms with Crippen LogP contribution in [0.25, 0.3) is 0 Å². The van der Waals surface area contributed by atoms with E-state index in [9.17, 15) is 14.4 Å². The summed E-state index contributed by atoms with van der Waals surface area (Å²) >= 11 is 11.6. The van der Waals surface area contributed by atoms with Crippen LogP contribution in [0, 0.1) is 5.92 Å². The summed E-state index contributed by atoms with van der Waals surface area (Å²) in [5.74, 6) is -2.77. The largest absolute Gasteiger partial charge is 0.299 e. The number of halogens is 2. The summed E-state index contributed by atoms with van der Waals surface area (Å²) in [6.45, 7) is 1.21. The van der Waals surface area contributed by atoms with Crippen LogP contribution in [0.4, 0.5) is 0 Å². The zero-order valence-electron chi connectivity index (χ0n) is 8.21. The van der Waals surface area contributed by atoms with Gasteiger partial charge in [0.25, 0.3) is 0 Å². The molecule has 0 amide bonds. The van der Waals surface area contributed by atoms with Crippen LogP contribution in [0.1, 0.15) is 27.6 Å². The van der Waals surface area contributed by atoms with Crippen molar-refractivity contribution in [3.05, 3.63) is 33.3 Å². The molecule has 0 radical (unpaired) electrons. The van der Waals surface area contributed by atoms with Crippen molar-refractivity contribution in [1.29, 1.82) is 0 Å². The van der Waals surface area contributed by atoms with Crippen LogP contribution in [-0.4, -0.2) is 17.3 Å². The normalized spacial score (nSPS) is 18.8. The van der Waals surface area contributed by atoms with E-state index in [1.807, 2.05) is 0 Å². The molecular weight excluding hydrogens is 251 g/mol. The highest BCUT2D eigenvalue weighted by Crippen LogP contribution is 2.35. The van der Waals surface area contributed by atoms with Crippen molar-refractivity contribution in [2.45, 2.75) is 6.92 Å². The molecule has 16 heavy (non-hydrogen) atoms. The molecule has 0 bridgehead atoms. The van der Waals surface area contributed by atoms with Gasteiger partial charge in [0, 0.05) is 16.1 Å². The molecule has 0 aromatic heterocycles. The molecule has 1 atom stereocenters. The van der Waals surface area contributed by atoms with E-state index in [1.54, 1.807) is 0 Å². The van der Waals surface area contributed by atoms with Gasteiger partial charge in [-0.2, -0.15) is 0 Å². The molecule has 0 saturated carbocycles. The van der Waals surface area contributed by atoms with Crippen LogP contribution < -0.4 is 0 Å². The van der Waals surface area contributed by atoms with E-state index in [-0.39, 0.29) is 21.2 Å². The van der Waals surface area contributed by atoms with Crippen LogP contribution in [0.5, 0.6) is 0 Å². The maximum absolute atomic E-state index is 11.8. The molecule has 0 saturated heterocycles. The van der Waals surface area contributed by atoms with E-state index >= 15 is 0 Å². The van der Waals surface area contributed by atoms with Gasteiger partial charge in [0.15, 0.2) is 11.6 Å². The highest BCUT2D eigenvalue weighted by Gasteiger charge is 2.42. The summed E-state index contributed by atoms with van der Waals surface area (Å²) in [6, 6.07) is 2.75. The van der Waals surface area contributed by atoms with Gasteiger partial charge in [-0.25, -0.2) is 0 Å². The molecule has 82 valence electrons. The Hall–Kier alpha value is -1.19. The van der Waals surface area contributed by atoms with Crippen molar-refractivity contribution in [3.8, 4) is 0 Å². The molecular formula is C11H6Cl2O3. The number of hydrogen-bond acceptors (Lipinski definition) is 3. The highest BCUT2D eigenvalue weighted by molar-refractivity contribution is 6.43. The number of hydrogen-bond donors (Lipinski definition) is 0. The molecule has 0 N–H and O–H groups in total. The Balaban J connectivity index is 2.69. The molecule has 5 heteroatoms. The number of benzene rings is 1. The van der Waals surface area contributed by atoms with Gasteiger partial charge < -0.3 is 0 Å². The number of rotatable bonds is 1. The molecule has 0 fully saturated rings. The minimum Gasteiger partial charge on any atom is -0.299 e. The van der Waals surface area contributed by atoms with Crippen LogP contribution >= 0.6 is 23.2 Å². The lowest BCUT2D eigenvalue weighted by atomic mass is 10.00. The third kappa shape index (κ3) is 1.47. The predicted molar refractivity (Wildman–Crippen MR) is 59.3 cm³/mol. The van der Waals surface area contributed by atoms with Gasteiger partial charge in [0.2, 0.25) is 0 Å². The average molecular weight is 257 g/mol. The van der Waals surface area contributed by atoms with Gasteiger partial charge in [-0.05, 0) is 19.1 Å². The Labute approximate surface area is 101 Å².